The fourth-order valence-electron chi connectivity index (χ4n) is 4.25. The molecule has 0 aliphatic carbocycles. The van der Waals surface area contributed by atoms with E-state index in [1.807, 2.05) is 61.5 Å². The number of hydrogen-bond acceptors (Lipinski definition) is 6. The Balaban J connectivity index is 1.79. The van der Waals surface area contributed by atoms with E-state index >= 15 is 0 Å². The molecule has 0 unspecified atom stereocenters. The Morgan fingerprint density at radius 1 is 1.23 bits per heavy atom. The maximum absolute atomic E-state index is 13.4. The van der Waals surface area contributed by atoms with E-state index in [0.29, 0.717) is 15.1 Å². The summed E-state index contributed by atoms with van der Waals surface area (Å²) >= 11 is 1.31. The zero-order valence-electron chi connectivity index (χ0n) is 16.8. The largest absolute Gasteiger partial charge is 0.469 e. The Hall–Kier alpha value is -3.19. The number of hydrogen-bond donors (Lipinski definition) is 0. The number of rotatable bonds is 2. The van der Waals surface area contributed by atoms with Crippen LogP contribution in [0.2, 0.25) is 0 Å². The number of carbonyl (C=O) groups excluding carboxylic acids is 1. The highest BCUT2D eigenvalue weighted by Crippen LogP contribution is 2.47. The number of esters is 1. The topological polar surface area (TPSA) is 69.9 Å². The lowest BCUT2D eigenvalue weighted by Gasteiger charge is -2.44. The summed E-state index contributed by atoms with van der Waals surface area (Å²) in [5.41, 5.74) is 1.55. The van der Waals surface area contributed by atoms with Gasteiger partial charge in [-0.3, -0.25) is 14.2 Å². The highest BCUT2D eigenvalue weighted by molar-refractivity contribution is 7.07. The van der Waals surface area contributed by atoms with Crippen molar-refractivity contribution in [2.24, 2.45) is 10.9 Å². The second-order valence-electron chi connectivity index (χ2n) is 7.73. The van der Waals surface area contributed by atoms with Crippen molar-refractivity contribution in [1.82, 2.24) is 4.57 Å². The van der Waals surface area contributed by atoms with E-state index in [0.717, 1.165) is 16.7 Å². The minimum Gasteiger partial charge on any atom is -0.469 e. The molecule has 0 fully saturated rings. The molecule has 3 heterocycles. The first kappa shape index (κ1) is 18.8. The number of benzene rings is 2. The lowest BCUT2D eigenvalue weighted by molar-refractivity contribution is -0.158. The number of methoxy groups -OCH3 is 1. The highest BCUT2D eigenvalue weighted by Gasteiger charge is 2.55. The summed E-state index contributed by atoms with van der Waals surface area (Å²) in [4.78, 5) is 31.5. The van der Waals surface area contributed by atoms with Crippen molar-refractivity contribution in [1.29, 1.82) is 0 Å². The third-order valence-electron chi connectivity index (χ3n) is 5.71. The van der Waals surface area contributed by atoms with E-state index in [1.54, 1.807) is 11.5 Å². The van der Waals surface area contributed by atoms with Crippen LogP contribution in [0.25, 0.3) is 6.08 Å². The smallest absolute Gasteiger partial charge is 0.317 e. The molecule has 1 aromatic heterocycles. The summed E-state index contributed by atoms with van der Waals surface area (Å²) in [5, 5.41) is 0. The Morgan fingerprint density at radius 3 is 2.70 bits per heavy atom. The van der Waals surface area contributed by atoms with Gasteiger partial charge in [0.2, 0.25) is 5.72 Å². The standard InChI is InChI=1S/C23H20N2O4S/c1-13-8-10-14(11-9-13)12-17-20(26)25-19-15-6-4-5-7-16(15)29-23(2,24-22(25)30-17)18(19)21(27)28-3/h4-12,18-19H,1-3H3/b17-12+/t18-,19+,23+/m1/s1. The van der Waals surface area contributed by atoms with E-state index in [-0.39, 0.29) is 5.56 Å². The third kappa shape index (κ3) is 2.73. The molecule has 2 bridgehead atoms. The number of aryl methyl sites for hydroxylation is 1. The molecule has 7 heteroatoms. The van der Waals surface area contributed by atoms with E-state index in [9.17, 15) is 9.59 Å². The molecule has 0 radical (unpaired) electrons. The van der Waals surface area contributed by atoms with Crippen LogP contribution in [0.15, 0.2) is 58.3 Å². The molecule has 0 spiro atoms. The number of carbonyl (C=O) groups is 1. The molecule has 6 nitrogen and oxygen atoms in total. The number of thiazole rings is 1. The minimum atomic E-state index is -1.15. The summed E-state index contributed by atoms with van der Waals surface area (Å²) in [6, 6.07) is 14.9. The van der Waals surface area contributed by atoms with Gasteiger partial charge in [-0.15, -0.1) is 0 Å². The Bertz CT molecular complexity index is 1340. The van der Waals surface area contributed by atoms with Crippen LogP contribution >= 0.6 is 11.3 Å². The molecule has 0 N–H and O–H groups in total. The van der Waals surface area contributed by atoms with Crippen LogP contribution in [0.4, 0.5) is 0 Å². The number of aromatic nitrogens is 1. The average Bonchev–Trinajstić information content (AvgIpc) is 3.02. The molecule has 2 aliphatic rings. The molecule has 152 valence electrons. The van der Waals surface area contributed by atoms with Gasteiger partial charge in [-0.25, -0.2) is 4.99 Å². The summed E-state index contributed by atoms with van der Waals surface area (Å²) in [6.07, 6.45) is 1.86. The minimum absolute atomic E-state index is 0.169. The van der Waals surface area contributed by atoms with Crippen molar-refractivity contribution >= 4 is 23.4 Å². The van der Waals surface area contributed by atoms with Crippen LogP contribution in [-0.2, 0) is 9.53 Å². The van der Waals surface area contributed by atoms with Gasteiger partial charge in [0, 0.05) is 5.56 Å². The van der Waals surface area contributed by atoms with E-state index < -0.39 is 23.7 Å². The lowest BCUT2D eigenvalue weighted by atomic mass is 9.81. The molecular weight excluding hydrogens is 400 g/mol. The summed E-state index contributed by atoms with van der Waals surface area (Å²) in [6.45, 7) is 3.79. The van der Waals surface area contributed by atoms with Crippen LogP contribution in [-0.4, -0.2) is 23.4 Å². The number of para-hydroxylation sites is 1. The van der Waals surface area contributed by atoms with Gasteiger partial charge in [0.15, 0.2) is 4.80 Å². The second-order valence-corrected chi connectivity index (χ2v) is 8.74. The van der Waals surface area contributed by atoms with Gasteiger partial charge < -0.3 is 9.47 Å². The Kier molecular flexibility index (Phi) is 4.18. The average molecular weight is 420 g/mol. The van der Waals surface area contributed by atoms with Gasteiger partial charge in [0.05, 0.1) is 17.7 Å². The van der Waals surface area contributed by atoms with Gasteiger partial charge in [-0.1, -0.05) is 59.4 Å². The molecule has 30 heavy (non-hydrogen) atoms. The first-order valence-electron chi connectivity index (χ1n) is 9.67. The van der Waals surface area contributed by atoms with Gasteiger partial charge in [-0.2, -0.15) is 0 Å². The Morgan fingerprint density at radius 2 is 1.97 bits per heavy atom. The van der Waals surface area contributed by atoms with Gasteiger partial charge in [0.25, 0.3) is 5.56 Å². The quantitative estimate of drug-likeness (QED) is 0.596. The van der Waals surface area contributed by atoms with E-state index in [2.05, 4.69) is 0 Å². The van der Waals surface area contributed by atoms with Gasteiger partial charge in [0.1, 0.15) is 11.7 Å². The molecular formula is C23H20N2O4S. The molecule has 0 saturated carbocycles. The van der Waals surface area contributed by atoms with Gasteiger partial charge >= 0.3 is 5.97 Å². The predicted molar refractivity (Wildman–Crippen MR) is 113 cm³/mol. The molecule has 0 saturated heterocycles. The van der Waals surface area contributed by atoms with Crippen molar-refractivity contribution in [3.05, 3.63) is 84.9 Å². The summed E-state index contributed by atoms with van der Waals surface area (Å²) in [5.74, 6) is -0.584. The normalized spacial score (nSPS) is 24.3. The fourth-order valence-corrected chi connectivity index (χ4v) is 5.34. The fraction of sp³-hybridized carbons (Fsp3) is 0.261. The molecule has 0 amide bonds. The Labute approximate surface area is 176 Å². The molecule has 2 aromatic carbocycles. The summed E-state index contributed by atoms with van der Waals surface area (Å²) < 4.78 is 13.4. The molecule has 3 atom stereocenters. The van der Waals surface area contributed by atoms with Crippen LogP contribution in [0.5, 0.6) is 5.75 Å². The van der Waals surface area contributed by atoms with Crippen LogP contribution in [0.3, 0.4) is 0 Å². The zero-order valence-corrected chi connectivity index (χ0v) is 17.6. The van der Waals surface area contributed by atoms with Crippen molar-refractivity contribution in [2.75, 3.05) is 7.11 Å². The van der Waals surface area contributed by atoms with Crippen molar-refractivity contribution in [3.63, 3.8) is 0 Å². The lowest BCUT2D eigenvalue weighted by Crippen LogP contribution is -2.58. The first-order chi connectivity index (χ1) is 14.4. The molecule has 2 aliphatic heterocycles. The van der Waals surface area contributed by atoms with Crippen LogP contribution in [0.1, 0.15) is 29.7 Å². The van der Waals surface area contributed by atoms with Crippen LogP contribution in [0, 0.1) is 12.8 Å². The maximum atomic E-state index is 13.4. The predicted octanol–water partition coefficient (Wildman–Crippen LogP) is 2.17. The first-order valence-corrected chi connectivity index (χ1v) is 10.5. The maximum Gasteiger partial charge on any atom is 0.317 e. The highest BCUT2D eigenvalue weighted by atomic mass is 32.1. The number of nitrogens with zero attached hydrogens (tertiary/aromatic N) is 2. The zero-order chi connectivity index (χ0) is 21.0. The summed E-state index contributed by atoms with van der Waals surface area (Å²) in [7, 11) is 1.34. The van der Waals surface area contributed by atoms with Crippen molar-refractivity contribution in [3.8, 4) is 5.75 Å². The van der Waals surface area contributed by atoms with Crippen molar-refractivity contribution < 1.29 is 14.3 Å². The number of fused-ring (bicyclic) bond motifs is 6. The number of ether oxygens (including phenoxy) is 2. The van der Waals surface area contributed by atoms with Gasteiger partial charge in [-0.05, 0) is 31.6 Å². The molecule has 3 aromatic rings. The third-order valence-corrected chi connectivity index (χ3v) is 6.69. The van der Waals surface area contributed by atoms with Crippen molar-refractivity contribution in [2.45, 2.75) is 25.6 Å². The van der Waals surface area contributed by atoms with E-state index in [1.165, 1.54) is 18.4 Å². The van der Waals surface area contributed by atoms with E-state index in [4.69, 9.17) is 14.5 Å². The SMILES string of the molecule is COC(=O)[C@H]1[C@@H]2c3ccccc3O[C@]1(C)N=c1s/c(=C/c3ccc(C)cc3)c(=O)n12. The molecule has 5 rings (SSSR count). The van der Waals surface area contributed by atoms with Crippen LogP contribution < -0.4 is 19.6 Å². The monoisotopic (exact) mass is 420 g/mol. The second kappa shape index (κ2) is 6.67.